The van der Waals surface area contributed by atoms with Crippen LogP contribution in [0.4, 0.5) is 5.69 Å². The fraction of sp³-hybridized carbons (Fsp3) is 0.0435. The molecule has 4 rings (SSSR count). The summed E-state index contributed by atoms with van der Waals surface area (Å²) in [6, 6.07) is 22.8. The van der Waals surface area contributed by atoms with Crippen LogP contribution in [0, 0.1) is 6.92 Å². The first kappa shape index (κ1) is 16.8. The molecule has 27 heavy (non-hydrogen) atoms. The number of anilines is 1. The zero-order valence-corrected chi connectivity index (χ0v) is 15.0. The van der Waals surface area contributed by atoms with Gasteiger partial charge < -0.3 is 5.73 Å². The molecule has 4 nitrogen and oxygen atoms in total. The number of benzene rings is 3. The quantitative estimate of drug-likeness (QED) is 0.554. The van der Waals surface area contributed by atoms with E-state index in [4.69, 9.17) is 10.7 Å². The van der Waals surface area contributed by atoms with Crippen LogP contribution in [0.3, 0.4) is 0 Å². The van der Waals surface area contributed by atoms with Gasteiger partial charge in [0.05, 0.1) is 16.6 Å². The van der Waals surface area contributed by atoms with E-state index < -0.39 is 0 Å². The van der Waals surface area contributed by atoms with Gasteiger partial charge in [-0.05, 0) is 48.9 Å². The Morgan fingerprint density at radius 3 is 2.48 bits per heavy atom. The number of nitrogens with zero attached hydrogens (tertiary/aromatic N) is 2. The summed E-state index contributed by atoms with van der Waals surface area (Å²) in [5.74, 6) is 0.560. The Kier molecular flexibility index (Phi) is 4.30. The number of nitrogen functional groups attached to an aromatic ring is 1. The van der Waals surface area contributed by atoms with Gasteiger partial charge in [0.25, 0.3) is 5.56 Å². The first-order valence-electron chi connectivity index (χ1n) is 8.74. The van der Waals surface area contributed by atoms with E-state index in [1.165, 1.54) is 5.56 Å². The monoisotopic (exact) mass is 353 g/mol. The molecule has 0 aliphatic rings. The highest BCUT2D eigenvalue weighted by Crippen LogP contribution is 2.17. The number of rotatable bonds is 3. The maximum atomic E-state index is 13.2. The molecule has 0 aliphatic carbocycles. The molecular weight excluding hydrogens is 334 g/mol. The van der Waals surface area contributed by atoms with E-state index in [1.807, 2.05) is 54.6 Å². The molecule has 0 fully saturated rings. The minimum absolute atomic E-state index is 0.116. The van der Waals surface area contributed by atoms with Gasteiger partial charge in [-0.3, -0.25) is 9.36 Å². The number of hydrogen-bond acceptors (Lipinski definition) is 3. The van der Waals surface area contributed by atoms with Gasteiger partial charge in [-0.25, -0.2) is 4.98 Å². The van der Waals surface area contributed by atoms with Gasteiger partial charge in [0, 0.05) is 5.69 Å². The van der Waals surface area contributed by atoms with Gasteiger partial charge in [0.2, 0.25) is 0 Å². The van der Waals surface area contributed by atoms with Gasteiger partial charge in [0.1, 0.15) is 5.82 Å². The molecule has 0 amide bonds. The molecule has 0 aliphatic heterocycles. The Balaban J connectivity index is 1.93. The summed E-state index contributed by atoms with van der Waals surface area (Å²) >= 11 is 0. The summed E-state index contributed by atoms with van der Waals surface area (Å²) in [7, 11) is 0. The predicted molar refractivity (Wildman–Crippen MR) is 112 cm³/mol. The number of para-hydroxylation sites is 1. The molecule has 0 saturated carbocycles. The van der Waals surface area contributed by atoms with Crippen LogP contribution >= 0.6 is 0 Å². The van der Waals surface area contributed by atoms with Crippen molar-refractivity contribution in [2.45, 2.75) is 6.92 Å². The van der Waals surface area contributed by atoms with Gasteiger partial charge >= 0.3 is 0 Å². The van der Waals surface area contributed by atoms with Crippen molar-refractivity contribution in [3.63, 3.8) is 0 Å². The lowest BCUT2D eigenvalue weighted by Crippen LogP contribution is -2.22. The fourth-order valence-corrected chi connectivity index (χ4v) is 3.02. The molecule has 1 heterocycles. The second kappa shape index (κ2) is 6.92. The van der Waals surface area contributed by atoms with Crippen molar-refractivity contribution in [3.8, 4) is 5.69 Å². The highest BCUT2D eigenvalue weighted by molar-refractivity contribution is 5.80. The summed E-state index contributed by atoms with van der Waals surface area (Å²) in [5.41, 5.74) is 10.0. The number of fused-ring (bicyclic) bond motifs is 1. The molecule has 1 aromatic heterocycles. The maximum absolute atomic E-state index is 13.2. The van der Waals surface area contributed by atoms with E-state index in [0.717, 1.165) is 5.56 Å². The second-order valence-corrected chi connectivity index (χ2v) is 6.47. The SMILES string of the molecule is Cc1ccc(/C=C/c2nc3ccccc3c(=O)n2-c2cccc(N)c2)cc1. The van der Waals surface area contributed by atoms with Gasteiger partial charge in [-0.2, -0.15) is 0 Å². The molecule has 0 radical (unpaired) electrons. The fourth-order valence-electron chi connectivity index (χ4n) is 3.02. The van der Waals surface area contributed by atoms with E-state index in [1.54, 1.807) is 22.8 Å². The van der Waals surface area contributed by atoms with E-state index in [9.17, 15) is 4.79 Å². The van der Waals surface area contributed by atoms with Crippen molar-refractivity contribution in [3.05, 3.63) is 100 Å². The van der Waals surface area contributed by atoms with E-state index in [-0.39, 0.29) is 5.56 Å². The average molecular weight is 353 g/mol. The standard InChI is InChI=1S/C23H19N3O/c1-16-9-11-17(12-10-16)13-14-22-25-21-8-3-2-7-20(21)23(27)26(22)19-6-4-5-18(24)15-19/h2-15H,24H2,1H3/b14-13+. The Morgan fingerprint density at radius 1 is 0.926 bits per heavy atom. The summed E-state index contributed by atoms with van der Waals surface area (Å²) in [5, 5.41) is 0.576. The molecule has 3 aromatic carbocycles. The molecule has 4 heteroatoms. The molecule has 0 bridgehead atoms. The minimum Gasteiger partial charge on any atom is -0.399 e. The van der Waals surface area contributed by atoms with E-state index in [2.05, 4.69) is 19.1 Å². The van der Waals surface area contributed by atoms with Crippen LogP contribution in [0.5, 0.6) is 0 Å². The van der Waals surface area contributed by atoms with Crippen molar-refractivity contribution < 1.29 is 0 Å². The Labute approximate surface area is 157 Å². The third kappa shape index (κ3) is 3.37. The van der Waals surface area contributed by atoms with E-state index >= 15 is 0 Å². The molecule has 0 spiro atoms. The molecule has 0 unspecified atom stereocenters. The van der Waals surface area contributed by atoms with Crippen molar-refractivity contribution in [1.82, 2.24) is 9.55 Å². The maximum Gasteiger partial charge on any atom is 0.266 e. The largest absolute Gasteiger partial charge is 0.399 e. The average Bonchev–Trinajstić information content (AvgIpc) is 2.68. The molecular formula is C23H19N3O. The zero-order valence-electron chi connectivity index (χ0n) is 15.0. The Bertz CT molecular complexity index is 1200. The summed E-state index contributed by atoms with van der Waals surface area (Å²) in [6.07, 6.45) is 3.82. The normalized spacial score (nSPS) is 11.3. The Morgan fingerprint density at radius 2 is 1.70 bits per heavy atom. The topological polar surface area (TPSA) is 60.9 Å². The third-order valence-electron chi connectivity index (χ3n) is 4.43. The smallest absolute Gasteiger partial charge is 0.266 e. The summed E-state index contributed by atoms with van der Waals surface area (Å²) in [6.45, 7) is 2.05. The van der Waals surface area contributed by atoms with Crippen LogP contribution in [0.25, 0.3) is 28.7 Å². The first-order chi connectivity index (χ1) is 13.1. The van der Waals surface area contributed by atoms with Crippen molar-refractivity contribution >= 4 is 28.7 Å². The molecule has 132 valence electrons. The van der Waals surface area contributed by atoms with Crippen LogP contribution in [0.15, 0.2) is 77.6 Å². The summed E-state index contributed by atoms with van der Waals surface area (Å²) in [4.78, 5) is 17.9. The number of aromatic nitrogens is 2. The van der Waals surface area contributed by atoms with Crippen LogP contribution in [0.1, 0.15) is 17.0 Å². The molecule has 2 N–H and O–H groups in total. The number of hydrogen-bond donors (Lipinski definition) is 1. The lowest BCUT2D eigenvalue weighted by Gasteiger charge is -2.12. The van der Waals surface area contributed by atoms with Crippen LogP contribution in [-0.2, 0) is 0 Å². The van der Waals surface area contributed by atoms with Crippen LogP contribution in [-0.4, -0.2) is 9.55 Å². The predicted octanol–water partition coefficient (Wildman–Crippen LogP) is 4.45. The minimum atomic E-state index is -0.116. The van der Waals surface area contributed by atoms with Gasteiger partial charge in [-0.1, -0.05) is 54.1 Å². The van der Waals surface area contributed by atoms with Crippen LogP contribution < -0.4 is 11.3 Å². The van der Waals surface area contributed by atoms with Gasteiger partial charge in [0.15, 0.2) is 0 Å². The highest BCUT2D eigenvalue weighted by atomic mass is 16.1. The lowest BCUT2D eigenvalue weighted by molar-refractivity contribution is 0.944. The van der Waals surface area contributed by atoms with Crippen LogP contribution in [0.2, 0.25) is 0 Å². The van der Waals surface area contributed by atoms with E-state index in [0.29, 0.717) is 28.1 Å². The van der Waals surface area contributed by atoms with Crippen molar-refractivity contribution in [1.29, 1.82) is 0 Å². The number of nitrogens with two attached hydrogens (primary N) is 1. The Hall–Kier alpha value is -3.66. The van der Waals surface area contributed by atoms with Gasteiger partial charge in [-0.15, -0.1) is 0 Å². The molecule has 4 aromatic rings. The number of aryl methyl sites for hydroxylation is 1. The lowest BCUT2D eigenvalue weighted by atomic mass is 10.1. The zero-order chi connectivity index (χ0) is 18.8. The van der Waals surface area contributed by atoms with Crippen molar-refractivity contribution in [2.75, 3.05) is 5.73 Å². The molecule has 0 saturated heterocycles. The summed E-state index contributed by atoms with van der Waals surface area (Å²) < 4.78 is 1.60. The first-order valence-corrected chi connectivity index (χ1v) is 8.74. The van der Waals surface area contributed by atoms with Crippen molar-refractivity contribution in [2.24, 2.45) is 0 Å². The highest BCUT2D eigenvalue weighted by Gasteiger charge is 2.11. The molecule has 0 atom stereocenters. The third-order valence-corrected chi connectivity index (χ3v) is 4.43. The second-order valence-electron chi connectivity index (χ2n) is 6.47.